The van der Waals surface area contributed by atoms with Crippen LogP contribution >= 0.6 is 0 Å². The van der Waals surface area contributed by atoms with Crippen LogP contribution in [0.3, 0.4) is 0 Å². The average molecular weight is 301 g/mol. The van der Waals surface area contributed by atoms with Gasteiger partial charge in [0.05, 0.1) is 11.0 Å². The molecule has 0 atom stereocenters. The minimum atomic E-state index is 1.21. The van der Waals surface area contributed by atoms with Crippen molar-refractivity contribution in [2.45, 2.75) is 27.2 Å². The van der Waals surface area contributed by atoms with E-state index in [1.54, 1.807) is 0 Å². The van der Waals surface area contributed by atoms with Gasteiger partial charge in [-0.25, -0.2) is 0 Å². The number of fused-ring (bicyclic) bond motifs is 3. The fourth-order valence-corrected chi connectivity index (χ4v) is 2.94. The third-order valence-corrected chi connectivity index (χ3v) is 3.84. The molecule has 4 rings (SSSR count). The highest BCUT2D eigenvalue weighted by Crippen LogP contribution is 2.32. The van der Waals surface area contributed by atoms with Crippen LogP contribution in [0.2, 0.25) is 0 Å². The van der Waals surface area contributed by atoms with Crippen molar-refractivity contribution in [1.29, 1.82) is 0 Å². The van der Waals surface area contributed by atoms with Crippen molar-refractivity contribution in [2.75, 3.05) is 0 Å². The highest BCUT2D eigenvalue weighted by atomic mass is 15.0. The molecule has 0 N–H and O–H groups in total. The second-order valence-corrected chi connectivity index (χ2v) is 5.92. The molecule has 0 radical (unpaired) electrons. The van der Waals surface area contributed by atoms with Crippen molar-refractivity contribution in [1.82, 2.24) is 4.57 Å². The molecule has 4 aromatic rings. The normalized spacial score (nSPS) is 10.6. The van der Waals surface area contributed by atoms with Gasteiger partial charge in [-0.2, -0.15) is 0 Å². The summed E-state index contributed by atoms with van der Waals surface area (Å²) in [7, 11) is 0. The third-order valence-electron chi connectivity index (χ3n) is 3.84. The maximum Gasteiger partial charge on any atom is 0.0543 e. The molecule has 0 spiro atoms. The van der Waals surface area contributed by atoms with E-state index in [9.17, 15) is 0 Å². The van der Waals surface area contributed by atoms with E-state index in [0.717, 1.165) is 0 Å². The maximum atomic E-state index is 2.34. The first-order valence-electron chi connectivity index (χ1n) is 8.31. The Labute approximate surface area is 138 Å². The third kappa shape index (κ3) is 2.87. The van der Waals surface area contributed by atoms with Crippen LogP contribution < -0.4 is 0 Å². The van der Waals surface area contributed by atoms with Crippen molar-refractivity contribution in [3.05, 3.63) is 78.4 Å². The number of aromatic nitrogens is 1. The molecule has 1 nitrogen and oxygen atoms in total. The first-order valence-corrected chi connectivity index (χ1v) is 8.31. The average Bonchev–Trinajstić information content (AvgIpc) is 2.90. The summed E-state index contributed by atoms with van der Waals surface area (Å²) in [4.78, 5) is 0. The Morgan fingerprint density at radius 1 is 0.696 bits per heavy atom. The number of para-hydroxylation sites is 2. The van der Waals surface area contributed by atoms with Gasteiger partial charge in [-0.1, -0.05) is 68.8 Å². The van der Waals surface area contributed by atoms with Crippen LogP contribution in [0.5, 0.6) is 0 Å². The minimum absolute atomic E-state index is 1.21. The Balaban J connectivity index is 0.000000485. The Morgan fingerprint density at radius 3 is 2.04 bits per heavy atom. The summed E-state index contributed by atoms with van der Waals surface area (Å²) in [6.45, 7) is 6.40. The molecule has 0 aliphatic carbocycles. The van der Waals surface area contributed by atoms with Gasteiger partial charge >= 0.3 is 0 Å². The second-order valence-electron chi connectivity index (χ2n) is 5.92. The number of aryl methyl sites for hydroxylation is 1. The van der Waals surface area contributed by atoms with Crippen LogP contribution in [0.4, 0.5) is 0 Å². The standard InChI is InChI=1S/C19H15N.C3H8/c1-14-11-12-17-16-9-5-6-10-18(16)20(19(17)13-14)15-7-3-2-4-8-15;1-3-2/h2-13H,1H3;3H2,1-2H3. The SMILES string of the molecule is CCC.Cc1ccc2c3ccccc3n(-c3ccccc3)c2c1. The summed E-state index contributed by atoms with van der Waals surface area (Å²) in [6, 6.07) is 25.8. The molecule has 0 unspecified atom stereocenters. The quantitative estimate of drug-likeness (QED) is 0.378. The van der Waals surface area contributed by atoms with Crippen LogP contribution in [0.15, 0.2) is 72.8 Å². The number of hydrogen-bond acceptors (Lipinski definition) is 0. The Hall–Kier alpha value is -2.54. The zero-order valence-electron chi connectivity index (χ0n) is 14.1. The van der Waals surface area contributed by atoms with Crippen LogP contribution in [0.25, 0.3) is 27.5 Å². The van der Waals surface area contributed by atoms with Crippen LogP contribution in [0.1, 0.15) is 25.8 Å². The Bertz CT molecular complexity index is 917. The summed E-state index contributed by atoms with van der Waals surface area (Å²) < 4.78 is 2.34. The van der Waals surface area contributed by atoms with Crippen molar-refractivity contribution in [2.24, 2.45) is 0 Å². The van der Waals surface area contributed by atoms with E-state index < -0.39 is 0 Å². The largest absolute Gasteiger partial charge is 0.309 e. The van der Waals surface area contributed by atoms with Gasteiger partial charge in [0.25, 0.3) is 0 Å². The smallest absolute Gasteiger partial charge is 0.0543 e. The second kappa shape index (κ2) is 6.70. The fraction of sp³-hybridized carbons (Fsp3) is 0.182. The zero-order chi connectivity index (χ0) is 16.2. The van der Waals surface area contributed by atoms with Gasteiger partial charge in [0.15, 0.2) is 0 Å². The van der Waals surface area contributed by atoms with Gasteiger partial charge in [-0.15, -0.1) is 0 Å². The predicted molar refractivity (Wildman–Crippen MR) is 101 cm³/mol. The number of rotatable bonds is 1. The Kier molecular flexibility index (Phi) is 4.47. The molecular formula is C22H23N. The van der Waals surface area contributed by atoms with Crippen LogP contribution in [-0.4, -0.2) is 4.57 Å². The summed E-state index contributed by atoms with van der Waals surface area (Å²) in [6.07, 6.45) is 1.25. The molecule has 23 heavy (non-hydrogen) atoms. The van der Waals surface area contributed by atoms with Gasteiger partial charge in [0, 0.05) is 16.5 Å². The molecule has 116 valence electrons. The number of nitrogens with zero attached hydrogens (tertiary/aromatic N) is 1. The molecule has 0 saturated heterocycles. The van der Waals surface area contributed by atoms with Gasteiger partial charge in [0.2, 0.25) is 0 Å². The summed E-state index contributed by atoms with van der Waals surface area (Å²) in [5.41, 5.74) is 5.04. The highest BCUT2D eigenvalue weighted by Gasteiger charge is 2.11. The monoisotopic (exact) mass is 301 g/mol. The van der Waals surface area contributed by atoms with Crippen molar-refractivity contribution < 1.29 is 0 Å². The van der Waals surface area contributed by atoms with Crippen molar-refractivity contribution >= 4 is 21.8 Å². The lowest BCUT2D eigenvalue weighted by atomic mass is 10.1. The predicted octanol–water partition coefficient (Wildman–Crippen LogP) is 6.51. The maximum absolute atomic E-state index is 2.34. The topological polar surface area (TPSA) is 4.93 Å². The molecule has 1 aromatic heterocycles. The van der Waals surface area contributed by atoms with Gasteiger partial charge < -0.3 is 4.57 Å². The van der Waals surface area contributed by atoms with Gasteiger partial charge in [0.1, 0.15) is 0 Å². The lowest BCUT2D eigenvalue weighted by Gasteiger charge is -2.07. The van der Waals surface area contributed by atoms with Gasteiger partial charge in [-0.3, -0.25) is 0 Å². The molecule has 1 heterocycles. The van der Waals surface area contributed by atoms with E-state index in [1.165, 1.54) is 39.5 Å². The lowest BCUT2D eigenvalue weighted by Crippen LogP contribution is -1.92. The van der Waals surface area contributed by atoms with Crippen LogP contribution in [0, 0.1) is 6.92 Å². The van der Waals surface area contributed by atoms with E-state index in [1.807, 2.05) is 0 Å². The van der Waals surface area contributed by atoms with E-state index in [0.29, 0.717) is 0 Å². The molecule has 0 amide bonds. The summed E-state index contributed by atoms with van der Waals surface area (Å²) in [5.74, 6) is 0. The fourth-order valence-electron chi connectivity index (χ4n) is 2.94. The van der Waals surface area contributed by atoms with Crippen molar-refractivity contribution in [3.8, 4) is 5.69 Å². The van der Waals surface area contributed by atoms with Crippen LogP contribution in [-0.2, 0) is 0 Å². The lowest BCUT2D eigenvalue weighted by molar-refractivity contribution is 1.09. The van der Waals surface area contributed by atoms with E-state index in [2.05, 4.69) is 98.1 Å². The minimum Gasteiger partial charge on any atom is -0.309 e. The van der Waals surface area contributed by atoms with E-state index in [4.69, 9.17) is 0 Å². The molecule has 0 aliphatic rings. The molecule has 0 saturated carbocycles. The molecular weight excluding hydrogens is 278 g/mol. The highest BCUT2D eigenvalue weighted by molar-refractivity contribution is 6.09. The molecule has 0 bridgehead atoms. The van der Waals surface area contributed by atoms with Gasteiger partial charge in [-0.05, 0) is 36.8 Å². The molecule has 0 aliphatic heterocycles. The molecule has 3 aromatic carbocycles. The first-order chi connectivity index (χ1) is 11.3. The van der Waals surface area contributed by atoms with E-state index in [-0.39, 0.29) is 0 Å². The summed E-state index contributed by atoms with van der Waals surface area (Å²) >= 11 is 0. The van der Waals surface area contributed by atoms with Crippen molar-refractivity contribution in [3.63, 3.8) is 0 Å². The first kappa shape index (κ1) is 15.4. The Morgan fingerprint density at radius 2 is 1.30 bits per heavy atom. The number of hydrogen-bond donors (Lipinski definition) is 0. The number of benzene rings is 3. The summed E-state index contributed by atoms with van der Waals surface area (Å²) in [5, 5.41) is 2.63. The van der Waals surface area contributed by atoms with E-state index >= 15 is 0 Å². The molecule has 1 heteroatoms. The molecule has 0 fully saturated rings. The zero-order valence-corrected chi connectivity index (χ0v) is 14.1.